The van der Waals surface area contributed by atoms with Gasteiger partial charge in [0.15, 0.2) is 0 Å². The minimum atomic E-state index is -0.101. The van der Waals surface area contributed by atoms with Gasteiger partial charge in [0.05, 0.1) is 12.7 Å². The summed E-state index contributed by atoms with van der Waals surface area (Å²) >= 11 is 0. The smallest absolute Gasteiger partial charge is 0.256 e. The standard InChI is InChI=1S/C30H31N3O3/c1-4-33(5-2)14-15-36-25-11-13-28-22(17-25)16-23(31-28)19-27-26-12-8-21(18-29(26)32-30(27)34)20-6-9-24(35-3)10-7-20/h6-13,16-19,31H,4-5,14-15H2,1-3H3,(H,32,34)/b27-19+. The lowest BCUT2D eigenvalue weighted by Crippen LogP contribution is -2.27. The average Bonchev–Trinajstić information content (AvgIpc) is 3.45. The zero-order valence-electron chi connectivity index (χ0n) is 20.9. The van der Waals surface area contributed by atoms with E-state index in [4.69, 9.17) is 9.47 Å². The third kappa shape index (κ3) is 4.86. The van der Waals surface area contributed by atoms with E-state index >= 15 is 0 Å². The predicted octanol–water partition coefficient (Wildman–Crippen LogP) is 6.06. The molecule has 4 aromatic rings. The summed E-state index contributed by atoms with van der Waals surface area (Å²) in [6.07, 6.45) is 1.91. The van der Waals surface area contributed by atoms with Crippen LogP contribution in [0.15, 0.2) is 66.7 Å². The molecular formula is C30H31N3O3. The van der Waals surface area contributed by atoms with E-state index in [0.717, 1.165) is 70.1 Å². The average molecular weight is 482 g/mol. The molecule has 0 radical (unpaired) electrons. The van der Waals surface area contributed by atoms with Crippen LogP contribution in [-0.4, -0.2) is 49.1 Å². The van der Waals surface area contributed by atoms with Crippen molar-refractivity contribution in [2.24, 2.45) is 0 Å². The molecule has 6 nitrogen and oxygen atoms in total. The number of nitrogens with one attached hydrogen (secondary N) is 2. The van der Waals surface area contributed by atoms with Crippen molar-refractivity contribution in [1.82, 2.24) is 9.88 Å². The summed E-state index contributed by atoms with van der Waals surface area (Å²) < 4.78 is 11.2. The third-order valence-electron chi connectivity index (χ3n) is 6.71. The van der Waals surface area contributed by atoms with Crippen LogP contribution in [0.4, 0.5) is 5.69 Å². The monoisotopic (exact) mass is 481 g/mol. The summed E-state index contributed by atoms with van der Waals surface area (Å²) in [7, 11) is 1.65. The van der Waals surface area contributed by atoms with E-state index in [-0.39, 0.29) is 5.91 Å². The largest absolute Gasteiger partial charge is 0.497 e. The molecular weight excluding hydrogens is 450 g/mol. The first kappa shape index (κ1) is 23.7. The second kappa shape index (κ2) is 10.3. The number of hydrogen-bond acceptors (Lipinski definition) is 4. The number of likely N-dealkylation sites (N-methyl/N-ethyl adjacent to an activating group) is 1. The van der Waals surface area contributed by atoms with Crippen molar-refractivity contribution in [3.8, 4) is 22.6 Å². The van der Waals surface area contributed by atoms with Gasteiger partial charge >= 0.3 is 0 Å². The highest BCUT2D eigenvalue weighted by Gasteiger charge is 2.24. The maximum Gasteiger partial charge on any atom is 0.256 e. The number of methoxy groups -OCH3 is 1. The number of anilines is 1. The number of benzene rings is 3. The summed E-state index contributed by atoms with van der Waals surface area (Å²) in [5.74, 6) is 1.56. The van der Waals surface area contributed by atoms with Gasteiger partial charge < -0.3 is 24.7 Å². The van der Waals surface area contributed by atoms with Gasteiger partial charge in [0.2, 0.25) is 0 Å². The quantitative estimate of drug-likeness (QED) is 0.285. The molecule has 0 fully saturated rings. The van der Waals surface area contributed by atoms with Crippen LogP contribution in [0, 0.1) is 0 Å². The summed E-state index contributed by atoms with van der Waals surface area (Å²) in [5.41, 5.74) is 6.35. The number of nitrogens with zero attached hydrogens (tertiary/aromatic N) is 1. The van der Waals surface area contributed by atoms with Crippen LogP contribution in [0.5, 0.6) is 11.5 Å². The molecule has 0 saturated heterocycles. The first-order chi connectivity index (χ1) is 17.6. The first-order valence-corrected chi connectivity index (χ1v) is 12.4. The van der Waals surface area contributed by atoms with Crippen LogP contribution in [0.3, 0.4) is 0 Å². The highest BCUT2D eigenvalue weighted by Crippen LogP contribution is 2.37. The van der Waals surface area contributed by atoms with Gasteiger partial charge in [0.1, 0.15) is 18.1 Å². The van der Waals surface area contributed by atoms with Crippen LogP contribution in [0.2, 0.25) is 0 Å². The summed E-state index contributed by atoms with van der Waals surface area (Å²) in [6.45, 7) is 7.93. The Balaban J connectivity index is 1.36. The molecule has 0 atom stereocenters. The van der Waals surface area contributed by atoms with Gasteiger partial charge in [0, 0.05) is 34.4 Å². The van der Waals surface area contributed by atoms with E-state index in [0.29, 0.717) is 12.2 Å². The number of carbonyl (C=O) groups excluding carboxylic acids is 1. The van der Waals surface area contributed by atoms with Gasteiger partial charge in [-0.15, -0.1) is 0 Å². The van der Waals surface area contributed by atoms with Crippen molar-refractivity contribution in [1.29, 1.82) is 0 Å². The van der Waals surface area contributed by atoms with E-state index < -0.39 is 0 Å². The topological polar surface area (TPSA) is 66.6 Å². The van der Waals surface area contributed by atoms with Crippen molar-refractivity contribution < 1.29 is 14.3 Å². The van der Waals surface area contributed by atoms with Gasteiger partial charge in [-0.05, 0) is 72.8 Å². The van der Waals surface area contributed by atoms with Crippen molar-refractivity contribution >= 4 is 34.1 Å². The Hall–Kier alpha value is -4.03. The summed E-state index contributed by atoms with van der Waals surface area (Å²) in [5, 5.41) is 4.07. The number of rotatable bonds is 9. The lowest BCUT2D eigenvalue weighted by molar-refractivity contribution is -0.110. The lowest BCUT2D eigenvalue weighted by atomic mass is 10.00. The molecule has 0 aliphatic carbocycles. The number of aromatic amines is 1. The van der Waals surface area contributed by atoms with Crippen molar-refractivity contribution in [2.45, 2.75) is 13.8 Å². The molecule has 1 aliphatic heterocycles. The highest BCUT2D eigenvalue weighted by atomic mass is 16.5. The van der Waals surface area contributed by atoms with Crippen molar-refractivity contribution in [3.05, 3.63) is 78.0 Å². The van der Waals surface area contributed by atoms with Crippen LogP contribution in [0.1, 0.15) is 25.1 Å². The molecule has 5 rings (SSSR count). The Morgan fingerprint density at radius 3 is 2.39 bits per heavy atom. The molecule has 36 heavy (non-hydrogen) atoms. The van der Waals surface area contributed by atoms with Crippen LogP contribution < -0.4 is 14.8 Å². The maximum absolute atomic E-state index is 12.8. The number of ether oxygens (including phenoxy) is 2. The van der Waals surface area contributed by atoms with Gasteiger partial charge in [-0.3, -0.25) is 4.79 Å². The van der Waals surface area contributed by atoms with E-state index in [9.17, 15) is 4.79 Å². The van der Waals surface area contributed by atoms with Crippen LogP contribution >= 0.6 is 0 Å². The zero-order valence-corrected chi connectivity index (χ0v) is 20.9. The number of aromatic nitrogens is 1. The molecule has 3 aromatic carbocycles. The fraction of sp³-hybridized carbons (Fsp3) is 0.233. The Bertz CT molecular complexity index is 1420. The second-order valence-corrected chi connectivity index (χ2v) is 8.85. The van der Waals surface area contributed by atoms with Crippen LogP contribution in [0.25, 0.3) is 33.7 Å². The number of fused-ring (bicyclic) bond motifs is 2. The van der Waals surface area contributed by atoms with Crippen LogP contribution in [-0.2, 0) is 4.79 Å². The minimum Gasteiger partial charge on any atom is -0.497 e. The minimum absolute atomic E-state index is 0.101. The normalized spacial score (nSPS) is 13.9. The lowest BCUT2D eigenvalue weighted by Gasteiger charge is -2.17. The fourth-order valence-electron chi connectivity index (χ4n) is 4.59. The second-order valence-electron chi connectivity index (χ2n) is 8.85. The molecule has 2 heterocycles. The number of hydrogen-bond donors (Lipinski definition) is 2. The molecule has 1 aromatic heterocycles. The molecule has 2 N–H and O–H groups in total. The maximum atomic E-state index is 12.8. The summed E-state index contributed by atoms with van der Waals surface area (Å²) in [4.78, 5) is 18.6. The van der Waals surface area contributed by atoms with Crippen molar-refractivity contribution in [3.63, 3.8) is 0 Å². The fourth-order valence-corrected chi connectivity index (χ4v) is 4.59. The molecule has 0 unspecified atom stereocenters. The van der Waals surface area contributed by atoms with Gasteiger partial charge in [-0.1, -0.05) is 38.1 Å². The molecule has 184 valence electrons. The molecule has 0 bridgehead atoms. The van der Waals surface area contributed by atoms with E-state index in [1.165, 1.54) is 0 Å². The first-order valence-electron chi connectivity index (χ1n) is 12.4. The Labute approximate surface area is 211 Å². The Morgan fingerprint density at radius 2 is 1.64 bits per heavy atom. The Kier molecular flexibility index (Phi) is 6.78. The number of carbonyl (C=O) groups is 1. The molecule has 6 heteroatoms. The SMILES string of the molecule is CCN(CC)CCOc1ccc2[nH]c(/C=C3/C(=O)Nc4cc(-c5ccc(OC)cc5)ccc43)cc2c1. The van der Waals surface area contributed by atoms with E-state index in [1.54, 1.807) is 7.11 Å². The van der Waals surface area contributed by atoms with Crippen molar-refractivity contribution in [2.75, 3.05) is 38.7 Å². The van der Waals surface area contributed by atoms with E-state index in [1.807, 2.05) is 66.7 Å². The predicted molar refractivity (Wildman–Crippen MR) is 147 cm³/mol. The zero-order chi connectivity index (χ0) is 25.1. The van der Waals surface area contributed by atoms with E-state index in [2.05, 4.69) is 35.1 Å². The number of amides is 1. The molecule has 1 amide bonds. The highest BCUT2D eigenvalue weighted by molar-refractivity contribution is 6.35. The van der Waals surface area contributed by atoms with Gasteiger partial charge in [-0.2, -0.15) is 0 Å². The Morgan fingerprint density at radius 1 is 0.889 bits per heavy atom. The third-order valence-corrected chi connectivity index (χ3v) is 6.71. The van der Waals surface area contributed by atoms with Gasteiger partial charge in [0.25, 0.3) is 5.91 Å². The molecule has 0 saturated carbocycles. The molecule has 1 aliphatic rings. The number of H-pyrrole nitrogens is 1. The summed E-state index contributed by atoms with van der Waals surface area (Å²) in [6, 6.07) is 22.1. The van der Waals surface area contributed by atoms with Gasteiger partial charge in [-0.25, -0.2) is 0 Å². The molecule has 0 spiro atoms.